The van der Waals surface area contributed by atoms with Crippen LogP contribution in [-0.2, 0) is 17.8 Å². The predicted octanol–water partition coefficient (Wildman–Crippen LogP) is 3.89. The van der Waals surface area contributed by atoms with Crippen molar-refractivity contribution < 1.29 is 9.59 Å². The van der Waals surface area contributed by atoms with Crippen LogP contribution in [0.2, 0.25) is 0 Å². The van der Waals surface area contributed by atoms with Crippen LogP contribution < -0.4 is 10.6 Å². The third kappa shape index (κ3) is 5.03. The number of hydrogen-bond donors (Lipinski definition) is 2. The summed E-state index contributed by atoms with van der Waals surface area (Å²) in [5, 5.41) is 6.00. The first-order valence-corrected chi connectivity index (χ1v) is 10.7. The normalized spacial score (nSPS) is 11.8. The molecule has 1 atom stereocenters. The minimum Gasteiger partial charge on any atom is -0.352 e. The molecule has 6 heteroatoms. The second-order valence-electron chi connectivity index (χ2n) is 7.67. The molecule has 1 aromatic heterocycles. The van der Waals surface area contributed by atoms with Gasteiger partial charge in [-0.3, -0.25) is 9.59 Å². The quantitative estimate of drug-likeness (QED) is 0.449. The number of hydrogen-bond acceptors (Lipinski definition) is 3. The van der Waals surface area contributed by atoms with Crippen molar-refractivity contribution >= 4 is 22.8 Å². The Bertz CT molecular complexity index is 1200. The van der Waals surface area contributed by atoms with Crippen molar-refractivity contribution in [2.45, 2.75) is 25.9 Å². The predicted molar refractivity (Wildman–Crippen MR) is 125 cm³/mol. The number of imidazole rings is 1. The van der Waals surface area contributed by atoms with Gasteiger partial charge in [0.25, 0.3) is 5.91 Å². The lowest BCUT2D eigenvalue weighted by molar-refractivity contribution is -0.122. The summed E-state index contributed by atoms with van der Waals surface area (Å²) in [7, 11) is 0. The van der Waals surface area contributed by atoms with Gasteiger partial charge in [-0.2, -0.15) is 0 Å². The molecule has 0 fully saturated rings. The van der Waals surface area contributed by atoms with Crippen molar-refractivity contribution in [2.75, 3.05) is 6.54 Å². The van der Waals surface area contributed by atoms with Gasteiger partial charge in [0.1, 0.15) is 12.4 Å². The highest BCUT2D eigenvalue weighted by Gasteiger charge is 2.16. The molecular formula is C26H26N4O2. The van der Waals surface area contributed by atoms with Crippen molar-refractivity contribution in [2.24, 2.45) is 0 Å². The summed E-state index contributed by atoms with van der Waals surface area (Å²) in [4.78, 5) is 29.9. The van der Waals surface area contributed by atoms with Gasteiger partial charge < -0.3 is 15.2 Å². The van der Waals surface area contributed by atoms with Gasteiger partial charge in [-0.15, -0.1) is 0 Å². The fourth-order valence-electron chi connectivity index (χ4n) is 3.73. The van der Waals surface area contributed by atoms with Crippen molar-refractivity contribution in [1.29, 1.82) is 0 Å². The number of amides is 2. The minimum absolute atomic E-state index is 0.0842. The zero-order chi connectivity index (χ0) is 22.3. The molecule has 6 nitrogen and oxygen atoms in total. The summed E-state index contributed by atoms with van der Waals surface area (Å²) in [6, 6.07) is 26.7. The van der Waals surface area contributed by atoms with E-state index in [0.717, 1.165) is 22.4 Å². The number of nitrogens with one attached hydrogen (secondary N) is 2. The highest BCUT2D eigenvalue weighted by atomic mass is 16.2. The average molecular weight is 427 g/mol. The van der Waals surface area contributed by atoms with Crippen LogP contribution in [0.15, 0.2) is 84.9 Å². The molecule has 4 aromatic rings. The number of nitrogens with zero attached hydrogens (tertiary/aromatic N) is 2. The fourth-order valence-corrected chi connectivity index (χ4v) is 3.73. The highest BCUT2D eigenvalue weighted by Crippen LogP contribution is 2.17. The third-order valence-electron chi connectivity index (χ3n) is 5.38. The topological polar surface area (TPSA) is 76.0 Å². The fraction of sp³-hybridized carbons (Fsp3) is 0.192. The minimum atomic E-state index is -0.123. The van der Waals surface area contributed by atoms with E-state index < -0.39 is 0 Å². The average Bonchev–Trinajstić information content (AvgIpc) is 3.17. The van der Waals surface area contributed by atoms with Gasteiger partial charge in [0.05, 0.1) is 17.1 Å². The first kappa shape index (κ1) is 21.3. The highest BCUT2D eigenvalue weighted by molar-refractivity contribution is 5.94. The molecule has 32 heavy (non-hydrogen) atoms. The van der Waals surface area contributed by atoms with E-state index in [2.05, 4.69) is 10.6 Å². The Kier molecular flexibility index (Phi) is 6.60. The molecule has 0 saturated heterocycles. The molecule has 0 bridgehead atoms. The molecule has 0 aliphatic heterocycles. The first-order valence-electron chi connectivity index (χ1n) is 10.7. The molecule has 2 N–H and O–H groups in total. The van der Waals surface area contributed by atoms with Crippen LogP contribution in [0.25, 0.3) is 11.0 Å². The van der Waals surface area contributed by atoms with Crippen LogP contribution in [0.3, 0.4) is 0 Å². The van der Waals surface area contributed by atoms with E-state index in [4.69, 9.17) is 4.98 Å². The molecule has 0 radical (unpaired) electrons. The van der Waals surface area contributed by atoms with Gasteiger partial charge in [0.15, 0.2) is 0 Å². The van der Waals surface area contributed by atoms with Gasteiger partial charge in [-0.25, -0.2) is 4.98 Å². The number of rotatable bonds is 8. The standard InChI is InChI=1S/C26H26N4O2/c1-19(20-10-4-2-5-11-20)28-25(31)18-30-23-15-9-8-14-22(23)29-24(30)16-17-27-26(32)21-12-6-3-7-13-21/h2-15,19H,16-18H2,1H3,(H,27,32)(H,28,31). The molecule has 4 rings (SSSR count). The largest absolute Gasteiger partial charge is 0.352 e. The molecule has 1 heterocycles. The maximum absolute atomic E-state index is 12.8. The number of fused-ring (bicyclic) bond motifs is 1. The second kappa shape index (κ2) is 9.92. The van der Waals surface area contributed by atoms with Crippen LogP contribution >= 0.6 is 0 Å². The van der Waals surface area contributed by atoms with Crippen LogP contribution in [0.1, 0.15) is 34.7 Å². The van der Waals surface area contributed by atoms with Crippen molar-refractivity contribution in [1.82, 2.24) is 20.2 Å². The van der Waals surface area contributed by atoms with E-state index in [0.29, 0.717) is 18.5 Å². The summed E-state index contributed by atoms with van der Waals surface area (Å²) in [5.41, 5.74) is 3.41. The lowest BCUT2D eigenvalue weighted by Crippen LogP contribution is -2.31. The Hall–Kier alpha value is -3.93. The maximum atomic E-state index is 12.8. The van der Waals surface area contributed by atoms with Crippen LogP contribution in [0, 0.1) is 0 Å². The van der Waals surface area contributed by atoms with E-state index in [1.165, 1.54) is 0 Å². The van der Waals surface area contributed by atoms with E-state index in [9.17, 15) is 9.59 Å². The Morgan fingerprint density at radius 1 is 0.906 bits per heavy atom. The van der Waals surface area contributed by atoms with Crippen LogP contribution in [-0.4, -0.2) is 27.9 Å². The van der Waals surface area contributed by atoms with Crippen molar-refractivity contribution in [3.05, 3.63) is 102 Å². The molecule has 2 amide bonds. The Labute approximate surface area is 187 Å². The van der Waals surface area contributed by atoms with Crippen molar-refractivity contribution in [3.63, 3.8) is 0 Å². The third-order valence-corrected chi connectivity index (χ3v) is 5.38. The lowest BCUT2D eigenvalue weighted by Gasteiger charge is -2.16. The molecular weight excluding hydrogens is 400 g/mol. The SMILES string of the molecule is CC(NC(=O)Cn1c(CCNC(=O)c2ccccc2)nc2ccccc21)c1ccccc1. The van der Waals surface area contributed by atoms with E-state index in [1.807, 2.05) is 84.3 Å². The molecule has 162 valence electrons. The Balaban J connectivity index is 1.45. The van der Waals surface area contributed by atoms with Gasteiger partial charge in [-0.05, 0) is 36.8 Å². The van der Waals surface area contributed by atoms with E-state index in [1.54, 1.807) is 12.1 Å². The number of carbonyl (C=O) groups is 2. The number of para-hydroxylation sites is 2. The summed E-state index contributed by atoms with van der Waals surface area (Å²) >= 11 is 0. The molecule has 3 aromatic carbocycles. The van der Waals surface area contributed by atoms with Crippen LogP contribution in [0.5, 0.6) is 0 Å². The van der Waals surface area contributed by atoms with Gasteiger partial charge in [-0.1, -0.05) is 60.7 Å². The maximum Gasteiger partial charge on any atom is 0.251 e. The first-order chi connectivity index (χ1) is 15.6. The smallest absolute Gasteiger partial charge is 0.251 e. The number of carbonyl (C=O) groups excluding carboxylic acids is 2. The summed E-state index contributed by atoms with van der Waals surface area (Å²) in [5.74, 6) is 0.559. The molecule has 0 aliphatic rings. The number of benzene rings is 3. The molecule has 0 saturated carbocycles. The Morgan fingerprint density at radius 3 is 2.31 bits per heavy atom. The van der Waals surface area contributed by atoms with Gasteiger partial charge in [0.2, 0.25) is 5.91 Å². The molecule has 1 unspecified atom stereocenters. The summed E-state index contributed by atoms with van der Waals surface area (Å²) < 4.78 is 1.93. The summed E-state index contributed by atoms with van der Waals surface area (Å²) in [6.45, 7) is 2.57. The monoisotopic (exact) mass is 426 g/mol. The summed E-state index contributed by atoms with van der Waals surface area (Å²) in [6.07, 6.45) is 0.523. The lowest BCUT2D eigenvalue weighted by atomic mass is 10.1. The number of aromatic nitrogens is 2. The van der Waals surface area contributed by atoms with Crippen LogP contribution in [0.4, 0.5) is 0 Å². The van der Waals surface area contributed by atoms with E-state index >= 15 is 0 Å². The zero-order valence-corrected chi connectivity index (χ0v) is 18.0. The Morgan fingerprint density at radius 2 is 1.56 bits per heavy atom. The second-order valence-corrected chi connectivity index (χ2v) is 7.67. The molecule has 0 spiro atoms. The zero-order valence-electron chi connectivity index (χ0n) is 18.0. The van der Waals surface area contributed by atoms with Gasteiger partial charge in [0, 0.05) is 18.5 Å². The van der Waals surface area contributed by atoms with Gasteiger partial charge >= 0.3 is 0 Å². The van der Waals surface area contributed by atoms with E-state index in [-0.39, 0.29) is 24.4 Å². The molecule has 0 aliphatic carbocycles. The van der Waals surface area contributed by atoms with Crippen molar-refractivity contribution in [3.8, 4) is 0 Å².